The zero-order chi connectivity index (χ0) is 16.9. The van der Waals surface area contributed by atoms with Gasteiger partial charge in [0.25, 0.3) is 5.91 Å². The smallest absolute Gasteiger partial charge is 0.253 e. The lowest BCUT2D eigenvalue weighted by molar-refractivity contribution is -0.115. The second kappa shape index (κ2) is 7.23. The predicted molar refractivity (Wildman–Crippen MR) is 89.8 cm³/mol. The second-order valence-corrected chi connectivity index (χ2v) is 5.48. The van der Waals surface area contributed by atoms with Crippen LogP contribution in [0.15, 0.2) is 42.5 Å². The Morgan fingerprint density at radius 2 is 1.79 bits per heavy atom. The van der Waals surface area contributed by atoms with Gasteiger partial charge in [-0.3, -0.25) is 9.59 Å². The van der Waals surface area contributed by atoms with Gasteiger partial charge in [-0.15, -0.1) is 0 Å². The van der Waals surface area contributed by atoms with Gasteiger partial charge in [-0.1, -0.05) is 23.7 Å². The quantitative estimate of drug-likeness (QED) is 0.891. The van der Waals surface area contributed by atoms with E-state index >= 15 is 0 Å². The third-order valence-corrected chi connectivity index (χ3v) is 3.68. The van der Waals surface area contributed by atoms with Crippen molar-refractivity contribution in [2.45, 2.75) is 0 Å². The van der Waals surface area contributed by atoms with Crippen LogP contribution in [-0.4, -0.2) is 31.6 Å². The summed E-state index contributed by atoms with van der Waals surface area (Å²) in [5.74, 6) is 0.468. The van der Waals surface area contributed by atoms with Gasteiger partial charge in [0.1, 0.15) is 13.2 Å². The molecule has 0 radical (unpaired) electrons. The topological polar surface area (TPSA) is 76.7 Å². The zero-order valence-electron chi connectivity index (χ0n) is 12.7. The van der Waals surface area contributed by atoms with Gasteiger partial charge in [-0.05, 0) is 24.3 Å². The second-order valence-electron chi connectivity index (χ2n) is 5.07. The Balaban J connectivity index is 1.56. The maximum atomic E-state index is 12.0. The van der Waals surface area contributed by atoms with Crippen LogP contribution >= 0.6 is 11.6 Å². The molecule has 6 nitrogen and oxygen atoms in total. The van der Waals surface area contributed by atoms with Crippen molar-refractivity contribution in [3.05, 3.63) is 53.1 Å². The van der Waals surface area contributed by atoms with Gasteiger partial charge >= 0.3 is 0 Å². The maximum Gasteiger partial charge on any atom is 0.253 e. The number of carbonyl (C=O) groups excluding carboxylic acids is 2. The molecule has 1 aliphatic rings. The molecular formula is C17H15ClN2O4. The van der Waals surface area contributed by atoms with E-state index in [0.717, 1.165) is 0 Å². The molecule has 0 saturated heterocycles. The standard InChI is InChI=1S/C17H15ClN2O4/c18-13-4-2-1-3-12(13)17(22)19-10-16(21)20-11-5-6-14-15(9-11)24-8-7-23-14/h1-6,9H,7-8,10H2,(H,19,22)(H,20,21). The first-order valence-electron chi connectivity index (χ1n) is 7.36. The molecule has 2 aromatic carbocycles. The number of rotatable bonds is 4. The lowest BCUT2D eigenvalue weighted by atomic mass is 10.2. The molecule has 3 rings (SSSR count). The molecule has 2 aromatic rings. The van der Waals surface area contributed by atoms with Crippen LogP contribution in [0.3, 0.4) is 0 Å². The summed E-state index contributed by atoms with van der Waals surface area (Å²) in [7, 11) is 0. The van der Waals surface area contributed by atoms with Crippen molar-refractivity contribution in [2.24, 2.45) is 0 Å². The molecule has 0 atom stereocenters. The number of hydrogen-bond acceptors (Lipinski definition) is 4. The highest BCUT2D eigenvalue weighted by Crippen LogP contribution is 2.32. The number of fused-ring (bicyclic) bond motifs is 1. The van der Waals surface area contributed by atoms with Crippen LogP contribution in [0.4, 0.5) is 5.69 Å². The minimum atomic E-state index is -0.405. The zero-order valence-corrected chi connectivity index (χ0v) is 13.4. The fourth-order valence-electron chi connectivity index (χ4n) is 2.23. The van der Waals surface area contributed by atoms with E-state index in [2.05, 4.69) is 10.6 Å². The molecule has 1 aliphatic heterocycles. The molecule has 24 heavy (non-hydrogen) atoms. The van der Waals surface area contributed by atoms with Crippen molar-refractivity contribution < 1.29 is 19.1 Å². The predicted octanol–water partition coefficient (Wildman–Crippen LogP) is 2.48. The van der Waals surface area contributed by atoms with Crippen molar-refractivity contribution in [1.82, 2.24) is 5.32 Å². The van der Waals surface area contributed by atoms with E-state index in [1.165, 1.54) is 0 Å². The van der Waals surface area contributed by atoms with Gasteiger partial charge in [-0.2, -0.15) is 0 Å². The molecule has 0 aliphatic carbocycles. The Bertz CT molecular complexity index is 779. The third kappa shape index (κ3) is 3.78. The number of carbonyl (C=O) groups is 2. The monoisotopic (exact) mass is 346 g/mol. The Labute approximate surface area is 143 Å². The van der Waals surface area contributed by atoms with E-state index < -0.39 is 5.91 Å². The maximum absolute atomic E-state index is 12.0. The van der Waals surface area contributed by atoms with Gasteiger partial charge < -0.3 is 20.1 Å². The Morgan fingerprint density at radius 1 is 1.04 bits per heavy atom. The van der Waals surface area contributed by atoms with Crippen molar-refractivity contribution in [3.8, 4) is 11.5 Å². The summed E-state index contributed by atoms with van der Waals surface area (Å²) in [5, 5.41) is 5.56. The van der Waals surface area contributed by atoms with Gasteiger partial charge in [0.05, 0.1) is 17.1 Å². The molecular weight excluding hydrogens is 332 g/mol. The summed E-state index contributed by atoms with van der Waals surface area (Å²) in [5.41, 5.74) is 0.891. The molecule has 0 fully saturated rings. The summed E-state index contributed by atoms with van der Waals surface area (Å²) < 4.78 is 10.9. The summed E-state index contributed by atoms with van der Waals surface area (Å²) in [6.45, 7) is 0.809. The van der Waals surface area contributed by atoms with E-state index in [1.807, 2.05) is 0 Å². The highest BCUT2D eigenvalue weighted by Gasteiger charge is 2.14. The van der Waals surface area contributed by atoms with Gasteiger partial charge in [0, 0.05) is 11.8 Å². The van der Waals surface area contributed by atoms with Crippen LogP contribution in [0.1, 0.15) is 10.4 Å². The summed E-state index contributed by atoms with van der Waals surface area (Å²) >= 11 is 5.94. The average Bonchev–Trinajstić information content (AvgIpc) is 2.60. The Kier molecular flexibility index (Phi) is 4.86. The Hall–Kier alpha value is -2.73. The minimum absolute atomic E-state index is 0.168. The summed E-state index contributed by atoms with van der Waals surface area (Å²) in [6, 6.07) is 11.8. The Morgan fingerprint density at radius 3 is 2.58 bits per heavy atom. The van der Waals surface area contributed by atoms with Crippen molar-refractivity contribution >= 4 is 29.1 Å². The molecule has 2 amide bonds. The van der Waals surface area contributed by atoms with Gasteiger partial charge in [0.15, 0.2) is 11.5 Å². The summed E-state index contributed by atoms with van der Waals surface area (Å²) in [4.78, 5) is 24.0. The lowest BCUT2D eigenvalue weighted by Gasteiger charge is -2.19. The van der Waals surface area contributed by atoms with E-state index in [4.69, 9.17) is 21.1 Å². The first-order valence-corrected chi connectivity index (χ1v) is 7.73. The highest BCUT2D eigenvalue weighted by molar-refractivity contribution is 6.33. The van der Waals surface area contributed by atoms with Gasteiger partial charge in [0.2, 0.25) is 5.91 Å². The first-order chi connectivity index (χ1) is 11.6. The van der Waals surface area contributed by atoms with Crippen molar-refractivity contribution in [3.63, 3.8) is 0 Å². The van der Waals surface area contributed by atoms with Gasteiger partial charge in [-0.25, -0.2) is 0 Å². The molecule has 7 heteroatoms. The van der Waals surface area contributed by atoms with Crippen LogP contribution in [-0.2, 0) is 4.79 Å². The molecule has 0 saturated carbocycles. The normalized spacial score (nSPS) is 12.4. The number of halogens is 1. The minimum Gasteiger partial charge on any atom is -0.486 e. The average molecular weight is 347 g/mol. The van der Waals surface area contributed by atoms with Crippen molar-refractivity contribution in [2.75, 3.05) is 25.1 Å². The fraction of sp³-hybridized carbons (Fsp3) is 0.176. The van der Waals surface area contributed by atoms with Crippen LogP contribution in [0.2, 0.25) is 5.02 Å². The lowest BCUT2D eigenvalue weighted by Crippen LogP contribution is -2.33. The SMILES string of the molecule is O=C(CNC(=O)c1ccccc1Cl)Nc1ccc2c(c1)OCCO2. The van der Waals surface area contributed by atoms with Crippen molar-refractivity contribution in [1.29, 1.82) is 0 Å². The van der Waals surface area contributed by atoms with Crippen LogP contribution < -0.4 is 20.1 Å². The van der Waals surface area contributed by atoms with Crippen LogP contribution in [0, 0.1) is 0 Å². The number of benzene rings is 2. The number of ether oxygens (including phenoxy) is 2. The number of nitrogens with one attached hydrogen (secondary N) is 2. The molecule has 0 aromatic heterocycles. The van der Waals surface area contributed by atoms with E-state index in [-0.39, 0.29) is 12.5 Å². The molecule has 1 heterocycles. The number of hydrogen-bond donors (Lipinski definition) is 2. The number of anilines is 1. The highest BCUT2D eigenvalue weighted by atomic mass is 35.5. The molecule has 2 N–H and O–H groups in total. The fourth-order valence-corrected chi connectivity index (χ4v) is 2.45. The van der Waals surface area contributed by atoms with E-state index in [1.54, 1.807) is 42.5 Å². The van der Waals surface area contributed by atoms with Crippen LogP contribution in [0.5, 0.6) is 11.5 Å². The summed E-state index contributed by atoms with van der Waals surface area (Å²) in [6.07, 6.45) is 0. The third-order valence-electron chi connectivity index (χ3n) is 3.35. The van der Waals surface area contributed by atoms with E-state index in [9.17, 15) is 9.59 Å². The molecule has 124 valence electrons. The van der Waals surface area contributed by atoms with E-state index in [0.29, 0.717) is 41.0 Å². The molecule has 0 unspecified atom stereocenters. The molecule has 0 bridgehead atoms. The number of amides is 2. The largest absolute Gasteiger partial charge is 0.486 e. The van der Waals surface area contributed by atoms with Crippen LogP contribution in [0.25, 0.3) is 0 Å². The first kappa shape index (κ1) is 16.1. The molecule has 0 spiro atoms.